The summed E-state index contributed by atoms with van der Waals surface area (Å²) in [5.74, 6) is 0.587. The second-order valence-electron chi connectivity index (χ2n) is 7.16. The third-order valence-electron chi connectivity index (χ3n) is 4.86. The highest BCUT2D eigenvalue weighted by Gasteiger charge is 2.24. The molecule has 1 heterocycles. The number of hydrogen-bond donors (Lipinski definition) is 0. The Morgan fingerprint density at radius 3 is 2.53 bits per heavy atom. The minimum absolute atomic E-state index is 0.0603. The van der Waals surface area contributed by atoms with Crippen LogP contribution in [0.1, 0.15) is 23.6 Å². The number of cyclic esters (lactones) is 1. The van der Waals surface area contributed by atoms with Crippen molar-refractivity contribution in [3.8, 4) is 11.5 Å². The topological polar surface area (TPSA) is 100 Å². The fraction of sp³-hybridized carbons (Fsp3) is 0.120. The van der Waals surface area contributed by atoms with E-state index in [0.29, 0.717) is 35.8 Å². The molecule has 0 unspecified atom stereocenters. The van der Waals surface area contributed by atoms with E-state index in [1.807, 2.05) is 31.2 Å². The maximum atomic E-state index is 12.3. The van der Waals surface area contributed by atoms with Crippen LogP contribution in [0.25, 0.3) is 6.08 Å². The van der Waals surface area contributed by atoms with Crippen LogP contribution in [0.3, 0.4) is 0 Å². The van der Waals surface area contributed by atoms with E-state index in [-0.39, 0.29) is 17.3 Å². The number of halogens is 1. The van der Waals surface area contributed by atoms with E-state index in [4.69, 9.17) is 14.2 Å². The molecular formula is C25H19BrN2O6. The van der Waals surface area contributed by atoms with Crippen LogP contribution in [0.4, 0.5) is 5.69 Å². The molecule has 34 heavy (non-hydrogen) atoms. The first kappa shape index (κ1) is 23.2. The number of aliphatic imine (C=N–C) groups is 1. The summed E-state index contributed by atoms with van der Waals surface area (Å²) in [6.45, 7) is 2.67. The van der Waals surface area contributed by atoms with Crippen LogP contribution in [0.2, 0.25) is 0 Å². The average molecular weight is 523 g/mol. The number of non-ortho nitro benzene ring substituents is 1. The Balaban J connectivity index is 1.55. The van der Waals surface area contributed by atoms with Gasteiger partial charge in [0.1, 0.15) is 6.61 Å². The van der Waals surface area contributed by atoms with Crippen molar-refractivity contribution in [3.05, 3.63) is 104 Å². The van der Waals surface area contributed by atoms with Gasteiger partial charge in [-0.25, -0.2) is 9.79 Å². The number of carbonyl (C=O) groups is 1. The summed E-state index contributed by atoms with van der Waals surface area (Å²) in [5.41, 5.74) is 2.19. The van der Waals surface area contributed by atoms with Crippen molar-refractivity contribution >= 4 is 39.6 Å². The fourth-order valence-corrected chi connectivity index (χ4v) is 3.59. The van der Waals surface area contributed by atoms with Gasteiger partial charge in [-0.2, -0.15) is 0 Å². The lowest BCUT2D eigenvalue weighted by atomic mass is 10.1. The van der Waals surface area contributed by atoms with Crippen LogP contribution in [-0.4, -0.2) is 23.4 Å². The van der Waals surface area contributed by atoms with Crippen molar-refractivity contribution in [1.82, 2.24) is 0 Å². The van der Waals surface area contributed by atoms with E-state index in [2.05, 4.69) is 20.9 Å². The highest BCUT2D eigenvalue weighted by Crippen LogP contribution is 2.31. The normalized spacial score (nSPS) is 14.0. The second kappa shape index (κ2) is 10.3. The molecule has 0 saturated heterocycles. The number of nitro benzene ring substituents is 1. The van der Waals surface area contributed by atoms with Crippen LogP contribution < -0.4 is 9.47 Å². The summed E-state index contributed by atoms with van der Waals surface area (Å²) < 4.78 is 17.9. The molecular weight excluding hydrogens is 504 g/mol. The number of nitro groups is 1. The molecule has 8 nitrogen and oxygen atoms in total. The highest BCUT2D eigenvalue weighted by atomic mass is 79.9. The Morgan fingerprint density at radius 2 is 1.82 bits per heavy atom. The molecule has 0 radical (unpaired) electrons. The highest BCUT2D eigenvalue weighted by molar-refractivity contribution is 9.10. The molecule has 3 aromatic carbocycles. The van der Waals surface area contributed by atoms with Gasteiger partial charge >= 0.3 is 5.97 Å². The molecule has 0 bridgehead atoms. The van der Waals surface area contributed by atoms with Gasteiger partial charge in [0.05, 0.1) is 11.5 Å². The van der Waals surface area contributed by atoms with Crippen LogP contribution in [0, 0.1) is 10.1 Å². The van der Waals surface area contributed by atoms with Crippen LogP contribution in [0.15, 0.2) is 81.9 Å². The molecule has 0 amide bonds. The quantitative estimate of drug-likeness (QED) is 0.163. The summed E-state index contributed by atoms with van der Waals surface area (Å²) in [7, 11) is 0. The minimum atomic E-state index is -0.611. The van der Waals surface area contributed by atoms with Crippen LogP contribution in [-0.2, 0) is 16.1 Å². The van der Waals surface area contributed by atoms with Gasteiger partial charge in [-0.1, -0.05) is 40.2 Å². The molecule has 9 heteroatoms. The molecule has 1 aliphatic rings. The first-order chi connectivity index (χ1) is 16.4. The van der Waals surface area contributed by atoms with Gasteiger partial charge in [0.2, 0.25) is 5.90 Å². The monoisotopic (exact) mass is 522 g/mol. The van der Waals surface area contributed by atoms with Gasteiger partial charge in [-0.05, 0) is 48.9 Å². The van der Waals surface area contributed by atoms with E-state index >= 15 is 0 Å². The number of nitrogens with zero attached hydrogens (tertiary/aromatic N) is 2. The van der Waals surface area contributed by atoms with Crippen molar-refractivity contribution in [2.45, 2.75) is 13.5 Å². The summed E-state index contributed by atoms with van der Waals surface area (Å²) in [4.78, 5) is 26.9. The number of hydrogen-bond acceptors (Lipinski definition) is 7. The molecule has 4 rings (SSSR count). The molecule has 1 aliphatic heterocycles. The first-order valence-corrected chi connectivity index (χ1v) is 11.1. The molecule has 3 aromatic rings. The molecule has 0 aliphatic carbocycles. The Hall–Kier alpha value is -3.98. The zero-order chi connectivity index (χ0) is 24.1. The number of ether oxygens (including phenoxy) is 3. The van der Waals surface area contributed by atoms with Gasteiger partial charge in [-0.15, -0.1) is 0 Å². The Kier molecular flexibility index (Phi) is 7.03. The van der Waals surface area contributed by atoms with Crippen molar-refractivity contribution < 1.29 is 23.9 Å². The van der Waals surface area contributed by atoms with E-state index in [9.17, 15) is 14.9 Å². The maximum Gasteiger partial charge on any atom is 0.363 e. The third-order valence-corrected chi connectivity index (χ3v) is 5.63. The third kappa shape index (κ3) is 5.32. The second-order valence-corrected chi connectivity index (χ2v) is 8.01. The molecule has 0 fully saturated rings. The van der Waals surface area contributed by atoms with Gasteiger partial charge < -0.3 is 14.2 Å². The lowest BCUT2D eigenvalue weighted by Gasteiger charge is -2.13. The summed E-state index contributed by atoms with van der Waals surface area (Å²) in [6, 6.07) is 18.7. The summed E-state index contributed by atoms with van der Waals surface area (Å²) >= 11 is 3.51. The van der Waals surface area contributed by atoms with Gasteiger partial charge in [-0.3, -0.25) is 10.1 Å². The maximum absolute atomic E-state index is 12.3. The van der Waals surface area contributed by atoms with Crippen molar-refractivity contribution in [2.75, 3.05) is 6.61 Å². The van der Waals surface area contributed by atoms with Gasteiger partial charge in [0.25, 0.3) is 5.69 Å². The minimum Gasteiger partial charge on any atom is -0.490 e. The zero-order valence-corrected chi connectivity index (χ0v) is 19.7. The van der Waals surface area contributed by atoms with E-state index in [1.54, 1.807) is 24.3 Å². The standard InChI is InChI=1S/C25H19BrN2O6/c1-2-32-23-14-16(7-12-22(23)33-15-18-5-3-4-6-20(18)26)13-21-25(29)34-24(27-21)17-8-10-19(11-9-17)28(30)31/h3-14H,2,15H2,1H3/b21-13-. The van der Waals surface area contributed by atoms with Crippen LogP contribution >= 0.6 is 15.9 Å². The first-order valence-electron chi connectivity index (χ1n) is 10.3. The molecule has 0 spiro atoms. The van der Waals surface area contributed by atoms with Gasteiger partial charge in [0.15, 0.2) is 17.2 Å². The Bertz CT molecular complexity index is 1300. The predicted molar refractivity (Wildman–Crippen MR) is 130 cm³/mol. The SMILES string of the molecule is CCOc1cc(/C=C2\N=C(c3ccc([N+](=O)[O-])cc3)OC2=O)ccc1OCc1ccccc1Br. The smallest absolute Gasteiger partial charge is 0.363 e. The predicted octanol–water partition coefficient (Wildman–Crippen LogP) is 5.68. The van der Waals surface area contributed by atoms with Crippen molar-refractivity contribution in [3.63, 3.8) is 0 Å². The number of benzene rings is 3. The molecule has 172 valence electrons. The summed E-state index contributed by atoms with van der Waals surface area (Å²) in [5, 5.41) is 10.8. The summed E-state index contributed by atoms with van der Waals surface area (Å²) in [6.07, 6.45) is 1.58. The Labute approximate surface area is 203 Å². The molecule has 0 saturated carbocycles. The lowest BCUT2D eigenvalue weighted by Crippen LogP contribution is -2.05. The molecule has 0 aromatic heterocycles. The largest absolute Gasteiger partial charge is 0.490 e. The number of esters is 1. The molecule has 0 atom stereocenters. The van der Waals surface area contributed by atoms with Crippen molar-refractivity contribution in [2.24, 2.45) is 4.99 Å². The number of carbonyl (C=O) groups excluding carboxylic acids is 1. The fourth-order valence-electron chi connectivity index (χ4n) is 3.19. The van der Waals surface area contributed by atoms with E-state index < -0.39 is 10.9 Å². The van der Waals surface area contributed by atoms with E-state index in [1.165, 1.54) is 24.3 Å². The van der Waals surface area contributed by atoms with Crippen LogP contribution in [0.5, 0.6) is 11.5 Å². The van der Waals surface area contributed by atoms with E-state index in [0.717, 1.165) is 10.0 Å². The zero-order valence-electron chi connectivity index (χ0n) is 18.1. The van der Waals surface area contributed by atoms with Crippen molar-refractivity contribution in [1.29, 1.82) is 0 Å². The molecule has 0 N–H and O–H groups in total. The average Bonchev–Trinajstić information content (AvgIpc) is 3.20. The lowest BCUT2D eigenvalue weighted by molar-refractivity contribution is -0.384. The number of rotatable bonds is 8. The van der Waals surface area contributed by atoms with Gasteiger partial charge in [0, 0.05) is 27.7 Å². The Morgan fingerprint density at radius 1 is 1.06 bits per heavy atom.